The summed E-state index contributed by atoms with van der Waals surface area (Å²) in [5.74, 6) is -0.0664. The van der Waals surface area contributed by atoms with Crippen LogP contribution in [0.3, 0.4) is 0 Å². The summed E-state index contributed by atoms with van der Waals surface area (Å²) in [5.41, 5.74) is 2.97. The number of halogens is 1. The van der Waals surface area contributed by atoms with E-state index in [9.17, 15) is 4.79 Å². The second-order valence-electron chi connectivity index (χ2n) is 5.26. The Balaban J connectivity index is 1.87. The molecule has 1 aliphatic rings. The summed E-state index contributed by atoms with van der Waals surface area (Å²) >= 11 is 8.89. The van der Waals surface area contributed by atoms with Crippen molar-refractivity contribution < 1.29 is 4.79 Å². The highest BCUT2D eigenvalue weighted by Gasteiger charge is 2.30. The van der Waals surface area contributed by atoms with Crippen molar-refractivity contribution in [1.29, 1.82) is 0 Å². The number of rotatable bonds is 1. The normalized spacial score (nSPS) is 17.2. The number of hydrogen-bond acceptors (Lipinski definition) is 5. The standard InChI is InChI=1S/C15H12ClN3OS2/c1-6-5-7(2)17-15-10(6)11-12(22-15)14(20)19-13(18-11)8-3-4-9(16)21-8/h3-5,13,18H,1-2H3,(H,19,20)/t13-/m1/s1. The van der Waals surface area contributed by atoms with Crippen LogP contribution in [-0.2, 0) is 0 Å². The average Bonchev–Trinajstić information content (AvgIpc) is 3.02. The largest absolute Gasteiger partial charge is 0.359 e. The number of hydrogen-bond donors (Lipinski definition) is 2. The summed E-state index contributed by atoms with van der Waals surface area (Å²) in [7, 11) is 0. The third kappa shape index (κ3) is 2.10. The van der Waals surface area contributed by atoms with E-state index in [0.29, 0.717) is 9.21 Å². The van der Waals surface area contributed by atoms with E-state index in [1.807, 2.05) is 25.1 Å². The zero-order valence-corrected chi connectivity index (χ0v) is 14.2. The molecule has 7 heteroatoms. The van der Waals surface area contributed by atoms with E-state index in [0.717, 1.165) is 32.0 Å². The van der Waals surface area contributed by atoms with Crippen molar-refractivity contribution >= 4 is 56.1 Å². The number of amides is 1. The molecule has 1 amide bonds. The van der Waals surface area contributed by atoms with Crippen LogP contribution in [0.25, 0.3) is 10.2 Å². The minimum Gasteiger partial charge on any atom is -0.359 e. The van der Waals surface area contributed by atoms with Gasteiger partial charge in [0.15, 0.2) is 0 Å². The zero-order chi connectivity index (χ0) is 15.4. The molecule has 0 spiro atoms. The molecule has 2 N–H and O–H groups in total. The first kappa shape index (κ1) is 14.0. The van der Waals surface area contributed by atoms with E-state index in [4.69, 9.17) is 11.6 Å². The van der Waals surface area contributed by atoms with Crippen LogP contribution in [0.2, 0.25) is 4.34 Å². The lowest BCUT2D eigenvalue weighted by Gasteiger charge is -2.25. The van der Waals surface area contributed by atoms with Gasteiger partial charge in [-0.1, -0.05) is 11.6 Å². The molecule has 1 aliphatic heterocycles. The van der Waals surface area contributed by atoms with Gasteiger partial charge >= 0.3 is 0 Å². The average molecular weight is 350 g/mol. The molecule has 0 saturated heterocycles. The summed E-state index contributed by atoms with van der Waals surface area (Å²) in [6, 6.07) is 5.81. The number of carbonyl (C=O) groups is 1. The molecule has 4 heterocycles. The molecule has 4 nitrogen and oxygen atoms in total. The molecule has 0 aromatic carbocycles. The third-order valence-electron chi connectivity index (χ3n) is 3.64. The summed E-state index contributed by atoms with van der Waals surface area (Å²) in [5, 5.41) is 7.45. The van der Waals surface area contributed by atoms with E-state index in [2.05, 4.69) is 22.5 Å². The lowest BCUT2D eigenvalue weighted by molar-refractivity contribution is 0.0941. The number of fused-ring (bicyclic) bond motifs is 3. The number of aryl methyl sites for hydroxylation is 2. The molecule has 112 valence electrons. The van der Waals surface area contributed by atoms with Gasteiger partial charge in [0, 0.05) is 16.0 Å². The van der Waals surface area contributed by atoms with Gasteiger partial charge < -0.3 is 10.6 Å². The first-order valence-corrected chi connectivity index (χ1v) is 8.77. The molecule has 0 aliphatic carbocycles. The smallest absolute Gasteiger partial charge is 0.265 e. The van der Waals surface area contributed by atoms with E-state index in [1.54, 1.807) is 0 Å². The Morgan fingerprint density at radius 3 is 2.77 bits per heavy atom. The van der Waals surface area contributed by atoms with Gasteiger partial charge in [-0.15, -0.1) is 22.7 Å². The highest BCUT2D eigenvalue weighted by molar-refractivity contribution is 7.21. The maximum Gasteiger partial charge on any atom is 0.265 e. The molecule has 3 aromatic rings. The number of nitrogens with one attached hydrogen (secondary N) is 2. The van der Waals surface area contributed by atoms with Crippen LogP contribution in [0.5, 0.6) is 0 Å². The van der Waals surface area contributed by atoms with Gasteiger partial charge in [-0.3, -0.25) is 4.79 Å². The van der Waals surface area contributed by atoms with Crippen LogP contribution >= 0.6 is 34.3 Å². The summed E-state index contributed by atoms with van der Waals surface area (Å²) < 4.78 is 0.709. The molecule has 4 rings (SSSR count). The molecule has 1 atom stereocenters. The molecular weight excluding hydrogens is 338 g/mol. The predicted molar refractivity (Wildman–Crippen MR) is 92.3 cm³/mol. The third-order valence-corrected chi connectivity index (χ3v) is 6.01. The van der Waals surface area contributed by atoms with Crippen molar-refractivity contribution in [3.8, 4) is 0 Å². The first-order chi connectivity index (χ1) is 10.5. The van der Waals surface area contributed by atoms with Crippen LogP contribution in [-0.4, -0.2) is 10.9 Å². The van der Waals surface area contributed by atoms with Gasteiger partial charge in [-0.05, 0) is 37.6 Å². The van der Waals surface area contributed by atoms with Crippen molar-refractivity contribution in [3.05, 3.63) is 43.5 Å². The highest BCUT2D eigenvalue weighted by atomic mass is 35.5. The molecule has 3 aromatic heterocycles. The lowest BCUT2D eigenvalue weighted by atomic mass is 10.1. The number of carbonyl (C=O) groups excluding carboxylic acids is 1. The summed E-state index contributed by atoms with van der Waals surface area (Å²) in [4.78, 5) is 19.6. The first-order valence-electron chi connectivity index (χ1n) is 6.76. The monoisotopic (exact) mass is 349 g/mol. The Labute approximate surface area is 140 Å². The van der Waals surface area contributed by atoms with Crippen LogP contribution < -0.4 is 10.6 Å². The van der Waals surface area contributed by atoms with Crippen molar-refractivity contribution in [2.24, 2.45) is 0 Å². The van der Waals surface area contributed by atoms with Gasteiger partial charge in [-0.2, -0.15) is 0 Å². The minimum atomic E-state index is -0.254. The second-order valence-corrected chi connectivity index (χ2v) is 8.01. The Bertz CT molecular complexity index is 915. The van der Waals surface area contributed by atoms with E-state index in [-0.39, 0.29) is 12.1 Å². The fourth-order valence-electron chi connectivity index (χ4n) is 2.74. The minimum absolute atomic E-state index is 0.0664. The van der Waals surface area contributed by atoms with E-state index < -0.39 is 0 Å². The lowest BCUT2D eigenvalue weighted by Crippen LogP contribution is -2.37. The van der Waals surface area contributed by atoms with Crippen LogP contribution in [0, 0.1) is 13.8 Å². The second kappa shape index (κ2) is 4.94. The van der Waals surface area contributed by atoms with Gasteiger partial charge in [0.25, 0.3) is 5.91 Å². The fraction of sp³-hybridized carbons (Fsp3) is 0.200. The number of pyridine rings is 1. The van der Waals surface area contributed by atoms with Crippen molar-refractivity contribution in [3.63, 3.8) is 0 Å². The molecule has 0 unspecified atom stereocenters. The van der Waals surface area contributed by atoms with Crippen LogP contribution in [0.1, 0.15) is 32.0 Å². The Kier molecular flexibility index (Phi) is 3.14. The number of thiophene rings is 2. The van der Waals surface area contributed by atoms with E-state index >= 15 is 0 Å². The molecule has 0 bridgehead atoms. The topological polar surface area (TPSA) is 54.0 Å². The van der Waals surface area contributed by atoms with Crippen LogP contribution in [0.4, 0.5) is 5.69 Å². The molecule has 0 radical (unpaired) electrons. The molecule has 22 heavy (non-hydrogen) atoms. The Morgan fingerprint density at radius 1 is 1.23 bits per heavy atom. The van der Waals surface area contributed by atoms with E-state index in [1.165, 1.54) is 22.7 Å². The van der Waals surface area contributed by atoms with Gasteiger partial charge in [0.1, 0.15) is 15.9 Å². The maximum absolute atomic E-state index is 12.4. The molecule has 0 saturated carbocycles. The van der Waals surface area contributed by atoms with Crippen molar-refractivity contribution in [1.82, 2.24) is 10.3 Å². The predicted octanol–water partition coefficient (Wildman–Crippen LogP) is 4.48. The Hall–Kier alpha value is -1.63. The van der Waals surface area contributed by atoms with Gasteiger partial charge in [0.05, 0.1) is 10.0 Å². The maximum atomic E-state index is 12.4. The highest BCUT2D eigenvalue weighted by Crippen LogP contribution is 2.41. The quantitative estimate of drug-likeness (QED) is 0.681. The molecular formula is C15H12ClN3OS2. The van der Waals surface area contributed by atoms with Crippen molar-refractivity contribution in [2.45, 2.75) is 20.0 Å². The number of anilines is 1. The van der Waals surface area contributed by atoms with Gasteiger partial charge in [-0.25, -0.2) is 4.98 Å². The Morgan fingerprint density at radius 2 is 2.05 bits per heavy atom. The summed E-state index contributed by atoms with van der Waals surface area (Å²) in [6.07, 6.45) is -0.254. The summed E-state index contributed by atoms with van der Waals surface area (Å²) in [6.45, 7) is 4.02. The zero-order valence-electron chi connectivity index (χ0n) is 11.9. The van der Waals surface area contributed by atoms with Crippen LogP contribution in [0.15, 0.2) is 18.2 Å². The molecule has 0 fully saturated rings. The fourth-order valence-corrected chi connectivity index (χ4v) is 4.97. The SMILES string of the molecule is Cc1cc(C)c2c3c(sc2n1)C(=O)N[C@H](c1ccc(Cl)s1)N3. The number of aromatic nitrogens is 1. The van der Waals surface area contributed by atoms with Crippen molar-refractivity contribution in [2.75, 3.05) is 5.32 Å². The number of nitrogens with zero attached hydrogens (tertiary/aromatic N) is 1. The van der Waals surface area contributed by atoms with Gasteiger partial charge in [0.2, 0.25) is 0 Å².